The Morgan fingerprint density at radius 1 is 1.40 bits per heavy atom. The highest BCUT2D eigenvalue weighted by molar-refractivity contribution is 4.79. The minimum Gasteiger partial charge on any atom is -0.316 e. The van der Waals surface area contributed by atoms with E-state index in [0.717, 1.165) is 6.54 Å². The van der Waals surface area contributed by atoms with Crippen molar-refractivity contribution in [2.75, 3.05) is 27.2 Å². The molecule has 0 unspecified atom stereocenters. The lowest BCUT2D eigenvalue weighted by Gasteiger charge is -2.22. The van der Waals surface area contributed by atoms with Crippen LogP contribution in [-0.2, 0) is 0 Å². The van der Waals surface area contributed by atoms with Crippen molar-refractivity contribution in [1.29, 1.82) is 0 Å². The van der Waals surface area contributed by atoms with E-state index in [2.05, 4.69) is 23.6 Å². The molecule has 0 N–H and O–H groups in total. The van der Waals surface area contributed by atoms with Crippen molar-refractivity contribution in [2.45, 2.75) is 13.8 Å². The van der Waals surface area contributed by atoms with E-state index in [9.17, 15) is 0 Å². The Bertz CT molecular complexity index is 131. The maximum atomic E-state index is 6.71. The molecule has 0 saturated heterocycles. The summed E-state index contributed by atoms with van der Waals surface area (Å²) in [5.41, 5.74) is 0.144. The van der Waals surface area contributed by atoms with E-state index in [0.29, 0.717) is 6.54 Å². The number of nitrogens with zero attached hydrogens (tertiary/aromatic N) is 2. The van der Waals surface area contributed by atoms with Crippen molar-refractivity contribution in [3.05, 3.63) is 11.4 Å². The number of hydrogen-bond acceptors (Lipinski definition) is 1. The van der Waals surface area contributed by atoms with Crippen LogP contribution in [-0.4, -0.2) is 32.1 Å². The van der Waals surface area contributed by atoms with Crippen molar-refractivity contribution in [3.63, 3.8) is 0 Å². The molecule has 0 rings (SSSR count). The van der Waals surface area contributed by atoms with Crippen molar-refractivity contribution < 1.29 is 0 Å². The molecule has 0 radical (unpaired) electrons. The third-order valence-corrected chi connectivity index (χ3v) is 1.25. The van der Waals surface area contributed by atoms with Crippen LogP contribution < -0.4 is 0 Å². The summed E-state index contributed by atoms with van der Waals surface area (Å²) < 4.78 is 0. The van der Waals surface area contributed by atoms with Gasteiger partial charge in [-0.25, -0.2) is 6.57 Å². The fourth-order valence-corrected chi connectivity index (χ4v) is 1.12. The van der Waals surface area contributed by atoms with Gasteiger partial charge in [0.2, 0.25) is 6.54 Å². The Kier molecular flexibility index (Phi) is 3.38. The monoisotopic (exact) mass is 140 g/mol. The minimum atomic E-state index is 0.144. The van der Waals surface area contributed by atoms with Crippen molar-refractivity contribution in [2.24, 2.45) is 5.41 Å². The molecule has 0 aromatic carbocycles. The molecule has 0 spiro atoms. The molecule has 0 aromatic heterocycles. The predicted molar refractivity (Wildman–Crippen MR) is 43.8 cm³/mol. The first-order valence-corrected chi connectivity index (χ1v) is 3.46. The summed E-state index contributed by atoms with van der Waals surface area (Å²) in [6.45, 7) is 12.5. The van der Waals surface area contributed by atoms with E-state index in [-0.39, 0.29) is 5.41 Å². The molecule has 0 amide bonds. The average Bonchev–Trinajstić information content (AvgIpc) is 1.59. The third-order valence-electron chi connectivity index (χ3n) is 1.25. The summed E-state index contributed by atoms with van der Waals surface area (Å²) in [5, 5.41) is 0. The van der Waals surface area contributed by atoms with E-state index in [4.69, 9.17) is 6.57 Å². The number of hydrogen-bond donors (Lipinski definition) is 0. The second-order valence-corrected chi connectivity index (χ2v) is 3.72. The maximum absolute atomic E-state index is 6.71. The van der Waals surface area contributed by atoms with Gasteiger partial charge >= 0.3 is 0 Å². The molecule has 10 heavy (non-hydrogen) atoms. The lowest BCUT2D eigenvalue weighted by molar-refractivity contribution is 0.258. The standard InChI is InChI=1S/C8H16N2/c1-8(2,6-9-3)7-10(4)5/h6-7H2,1-2,4-5H3. The van der Waals surface area contributed by atoms with Crippen LogP contribution in [0.25, 0.3) is 4.85 Å². The normalized spacial score (nSPS) is 11.6. The topological polar surface area (TPSA) is 7.60 Å². The lowest BCUT2D eigenvalue weighted by atomic mass is 9.93. The third kappa shape index (κ3) is 4.34. The molecule has 58 valence electrons. The summed E-state index contributed by atoms with van der Waals surface area (Å²) in [7, 11) is 4.07. The Labute approximate surface area is 63.7 Å². The summed E-state index contributed by atoms with van der Waals surface area (Å²) in [4.78, 5) is 5.50. The molecule has 0 aromatic rings. The van der Waals surface area contributed by atoms with Crippen LogP contribution in [0.3, 0.4) is 0 Å². The maximum Gasteiger partial charge on any atom is 0.220 e. The fourth-order valence-electron chi connectivity index (χ4n) is 1.12. The van der Waals surface area contributed by atoms with Gasteiger partial charge in [0, 0.05) is 12.0 Å². The van der Waals surface area contributed by atoms with Crippen molar-refractivity contribution in [3.8, 4) is 0 Å². The Morgan fingerprint density at radius 3 is 2.20 bits per heavy atom. The molecule has 0 atom stereocenters. The molecule has 0 saturated carbocycles. The highest BCUT2D eigenvalue weighted by Gasteiger charge is 2.21. The smallest absolute Gasteiger partial charge is 0.220 e. The lowest BCUT2D eigenvalue weighted by Crippen LogP contribution is -2.30. The molecule has 0 aliphatic heterocycles. The van der Waals surface area contributed by atoms with Gasteiger partial charge in [-0.1, -0.05) is 13.8 Å². The highest BCUT2D eigenvalue weighted by atomic mass is 15.1. The molecule has 0 aliphatic carbocycles. The van der Waals surface area contributed by atoms with Gasteiger partial charge in [-0.3, -0.25) is 0 Å². The summed E-state index contributed by atoms with van der Waals surface area (Å²) in [5.74, 6) is 0. The quantitative estimate of drug-likeness (QED) is 0.539. The van der Waals surface area contributed by atoms with Crippen LogP contribution in [0.2, 0.25) is 0 Å². The van der Waals surface area contributed by atoms with Gasteiger partial charge in [0.1, 0.15) is 0 Å². The van der Waals surface area contributed by atoms with Crippen LogP contribution in [0.5, 0.6) is 0 Å². The van der Waals surface area contributed by atoms with E-state index >= 15 is 0 Å². The van der Waals surface area contributed by atoms with Gasteiger partial charge in [-0.15, -0.1) is 0 Å². The van der Waals surface area contributed by atoms with Crippen LogP contribution >= 0.6 is 0 Å². The van der Waals surface area contributed by atoms with Gasteiger partial charge in [0.25, 0.3) is 0 Å². The highest BCUT2D eigenvalue weighted by Crippen LogP contribution is 2.15. The van der Waals surface area contributed by atoms with E-state index in [1.807, 2.05) is 14.1 Å². The van der Waals surface area contributed by atoms with Crippen molar-refractivity contribution in [1.82, 2.24) is 4.90 Å². The Morgan fingerprint density at radius 2 is 1.90 bits per heavy atom. The molecule has 0 heterocycles. The van der Waals surface area contributed by atoms with E-state index in [1.54, 1.807) is 0 Å². The molecule has 0 bridgehead atoms. The average molecular weight is 140 g/mol. The first-order chi connectivity index (χ1) is 4.48. The van der Waals surface area contributed by atoms with Gasteiger partial charge in [-0.05, 0) is 14.1 Å². The van der Waals surface area contributed by atoms with Gasteiger partial charge in [0.15, 0.2) is 0 Å². The largest absolute Gasteiger partial charge is 0.316 e. The minimum absolute atomic E-state index is 0.144. The Hall–Kier alpha value is -0.550. The first-order valence-electron chi connectivity index (χ1n) is 3.46. The SMILES string of the molecule is [C-]#[N+]CC(C)(C)CN(C)C. The van der Waals surface area contributed by atoms with Crippen LogP contribution in [0.15, 0.2) is 0 Å². The fraction of sp³-hybridized carbons (Fsp3) is 0.875. The first kappa shape index (κ1) is 9.45. The van der Waals surface area contributed by atoms with Gasteiger partial charge in [-0.2, -0.15) is 0 Å². The summed E-state index contributed by atoms with van der Waals surface area (Å²) >= 11 is 0. The molecular formula is C8H16N2. The molecule has 0 aliphatic rings. The zero-order chi connectivity index (χ0) is 8.20. The van der Waals surface area contributed by atoms with Crippen LogP contribution in [0.4, 0.5) is 0 Å². The second kappa shape index (κ2) is 3.58. The van der Waals surface area contributed by atoms with E-state index in [1.165, 1.54) is 0 Å². The Balaban J connectivity index is 3.77. The summed E-state index contributed by atoms with van der Waals surface area (Å²) in [6.07, 6.45) is 0. The molecule has 0 fully saturated rings. The zero-order valence-corrected chi connectivity index (χ0v) is 7.31. The summed E-state index contributed by atoms with van der Waals surface area (Å²) in [6, 6.07) is 0. The molecule has 2 heteroatoms. The molecule has 2 nitrogen and oxygen atoms in total. The predicted octanol–water partition coefficient (Wildman–Crippen LogP) is 1.49. The van der Waals surface area contributed by atoms with Crippen molar-refractivity contribution >= 4 is 0 Å². The van der Waals surface area contributed by atoms with Crippen LogP contribution in [0.1, 0.15) is 13.8 Å². The second-order valence-electron chi connectivity index (χ2n) is 3.72. The zero-order valence-electron chi connectivity index (χ0n) is 7.31. The van der Waals surface area contributed by atoms with Gasteiger partial charge < -0.3 is 9.74 Å². The number of rotatable bonds is 3. The molecular weight excluding hydrogens is 124 g/mol. The van der Waals surface area contributed by atoms with Crippen LogP contribution in [0, 0.1) is 12.0 Å². The van der Waals surface area contributed by atoms with Gasteiger partial charge in [0.05, 0.1) is 0 Å². The van der Waals surface area contributed by atoms with E-state index < -0.39 is 0 Å².